The van der Waals surface area contributed by atoms with Crippen molar-refractivity contribution in [1.82, 2.24) is 9.88 Å². The number of nitrogens with zero attached hydrogens (tertiary/aromatic N) is 2. The Kier molecular flexibility index (Phi) is 14.0. The lowest BCUT2D eigenvalue weighted by atomic mass is 10.2. The first kappa shape index (κ1) is 33.1. The molecular weight excluding hydrogens is 546 g/mol. The van der Waals surface area contributed by atoms with Crippen molar-refractivity contribution in [1.29, 1.82) is 0 Å². The fourth-order valence-corrected chi connectivity index (χ4v) is 5.22. The minimum Gasteiger partial charge on any atom is -0.488 e. The second-order valence-electron chi connectivity index (χ2n) is 8.39. The number of carbonyl (C=O) groups excluding carboxylic acids is 2. The number of nitrogens with one attached hydrogen (secondary N) is 1. The van der Waals surface area contributed by atoms with Crippen LogP contribution in [0.2, 0.25) is 0 Å². The van der Waals surface area contributed by atoms with E-state index < -0.39 is 0 Å². The van der Waals surface area contributed by atoms with Crippen LogP contribution in [0.25, 0.3) is 0 Å². The third-order valence-corrected chi connectivity index (χ3v) is 7.31. The molecule has 1 aromatic heterocycles. The van der Waals surface area contributed by atoms with E-state index in [0.717, 1.165) is 15.5 Å². The van der Waals surface area contributed by atoms with Gasteiger partial charge in [0.2, 0.25) is 5.91 Å². The number of aromatic nitrogens is 1. The molecule has 0 bridgehead atoms. The van der Waals surface area contributed by atoms with Crippen molar-refractivity contribution >= 4 is 40.0 Å². The quantitative estimate of drug-likeness (QED) is 0.263. The molecule has 2 amide bonds. The maximum Gasteiger partial charge on any atom is 0.257 e. The van der Waals surface area contributed by atoms with Gasteiger partial charge in [-0.3, -0.25) is 14.9 Å². The lowest BCUT2D eigenvalue weighted by Gasteiger charge is -2.24. The molecule has 3 aromatic rings. The van der Waals surface area contributed by atoms with Crippen LogP contribution in [0.1, 0.15) is 62.5 Å². The number of carbonyl (C=O) groups is 2. The Morgan fingerprint density at radius 3 is 2.38 bits per heavy atom. The van der Waals surface area contributed by atoms with Crippen LogP contribution in [-0.2, 0) is 22.5 Å². The fraction of sp³-hybridized carbons (Fsp3) is 0.433. The van der Waals surface area contributed by atoms with Gasteiger partial charge in [-0.1, -0.05) is 39.0 Å². The van der Waals surface area contributed by atoms with E-state index in [0.29, 0.717) is 54.1 Å². The second-order valence-corrected chi connectivity index (χ2v) is 10.4. The molecular formula is C30H41N3O5S2. The SMILES string of the molecule is CC.CC.COCC(C)Oc1cc(Oc2ccc(SC)cc2)cc(C(=O)Nc2nc3c(s2)CN(C(C)=O)CC3)c1. The predicted octanol–water partition coefficient (Wildman–Crippen LogP) is 7.28. The average molecular weight is 588 g/mol. The first-order valence-electron chi connectivity index (χ1n) is 13.5. The molecule has 8 nitrogen and oxygen atoms in total. The van der Waals surface area contributed by atoms with Crippen LogP contribution in [-0.4, -0.2) is 54.3 Å². The van der Waals surface area contributed by atoms with Crippen LogP contribution in [0.5, 0.6) is 17.2 Å². The third kappa shape index (κ3) is 9.53. The van der Waals surface area contributed by atoms with Gasteiger partial charge in [0.25, 0.3) is 5.91 Å². The van der Waals surface area contributed by atoms with Crippen molar-refractivity contribution in [2.75, 3.05) is 31.8 Å². The molecule has 1 unspecified atom stereocenters. The molecule has 1 N–H and O–H groups in total. The minimum atomic E-state index is -0.322. The largest absolute Gasteiger partial charge is 0.488 e. The number of fused-ring (bicyclic) bond motifs is 1. The molecule has 0 radical (unpaired) electrons. The van der Waals surface area contributed by atoms with Crippen molar-refractivity contribution in [3.63, 3.8) is 0 Å². The van der Waals surface area contributed by atoms with Gasteiger partial charge in [0, 0.05) is 48.4 Å². The highest BCUT2D eigenvalue weighted by Crippen LogP contribution is 2.31. The Bertz CT molecular complexity index is 1230. The highest BCUT2D eigenvalue weighted by Gasteiger charge is 2.23. The number of benzene rings is 2. The summed E-state index contributed by atoms with van der Waals surface area (Å²) in [4.78, 5) is 33.4. The zero-order valence-corrected chi connectivity index (χ0v) is 26.3. The van der Waals surface area contributed by atoms with Gasteiger partial charge in [0.1, 0.15) is 23.4 Å². The number of rotatable bonds is 9. The van der Waals surface area contributed by atoms with E-state index >= 15 is 0 Å². The number of hydrogen-bond acceptors (Lipinski definition) is 8. The summed E-state index contributed by atoms with van der Waals surface area (Å²) in [5.41, 5.74) is 1.31. The van der Waals surface area contributed by atoms with Gasteiger partial charge in [-0.15, -0.1) is 11.8 Å². The Morgan fingerprint density at radius 1 is 1.07 bits per heavy atom. The third-order valence-electron chi connectivity index (χ3n) is 5.57. The standard InChI is InChI=1S/C26H29N3O5S2.2C2H6/c1-16(15-32-3)33-20-11-18(12-21(13-20)34-19-5-7-22(35-4)8-6-19)25(31)28-26-27-23-9-10-29(17(2)30)14-24(23)36-26;2*1-2/h5-8,11-13,16H,9-10,14-15H2,1-4H3,(H,27,28,31);2*1-2H3. The maximum atomic E-state index is 13.2. The summed E-state index contributed by atoms with van der Waals surface area (Å²) in [5, 5.41) is 3.40. The van der Waals surface area contributed by atoms with Crippen molar-refractivity contribution in [3.8, 4) is 17.2 Å². The fourth-order valence-electron chi connectivity index (χ4n) is 3.80. The summed E-state index contributed by atoms with van der Waals surface area (Å²) in [5.74, 6) is 1.35. The highest BCUT2D eigenvalue weighted by molar-refractivity contribution is 7.98. The summed E-state index contributed by atoms with van der Waals surface area (Å²) >= 11 is 3.04. The average Bonchev–Trinajstić information content (AvgIpc) is 3.37. The first-order chi connectivity index (χ1) is 19.3. The second kappa shape index (κ2) is 16.9. The Balaban J connectivity index is 0.00000134. The molecule has 1 aliphatic rings. The molecule has 0 fully saturated rings. The van der Waals surface area contributed by atoms with Crippen molar-refractivity contribution < 1.29 is 23.8 Å². The van der Waals surface area contributed by atoms with Crippen LogP contribution in [0, 0.1) is 0 Å². The van der Waals surface area contributed by atoms with Crippen LogP contribution in [0.3, 0.4) is 0 Å². The van der Waals surface area contributed by atoms with E-state index in [1.807, 2.05) is 65.1 Å². The lowest BCUT2D eigenvalue weighted by molar-refractivity contribution is -0.129. The maximum absolute atomic E-state index is 13.2. The summed E-state index contributed by atoms with van der Waals surface area (Å²) in [6, 6.07) is 12.8. The normalized spacial score (nSPS) is 12.6. The molecule has 2 aromatic carbocycles. The van der Waals surface area contributed by atoms with Gasteiger partial charge in [0.15, 0.2) is 5.13 Å². The zero-order chi connectivity index (χ0) is 29.7. The predicted molar refractivity (Wildman–Crippen MR) is 164 cm³/mol. The van der Waals surface area contributed by atoms with Gasteiger partial charge in [-0.05, 0) is 49.6 Å². The monoisotopic (exact) mass is 587 g/mol. The molecule has 218 valence electrons. The molecule has 40 heavy (non-hydrogen) atoms. The van der Waals surface area contributed by atoms with E-state index in [9.17, 15) is 9.59 Å². The summed E-state index contributed by atoms with van der Waals surface area (Å²) < 4.78 is 17.2. The number of amides is 2. The molecule has 2 heterocycles. The van der Waals surface area contributed by atoms with E-state index in [4.69, 9.17) is 14.2 Å². The summed E-state index contributed by atoms with van der Waals surface area (Å²) in [6.45, 7) is 13.0. The highest BCUT2D eigenvalue weighted by atomic mass is 32.2. The molecule has 0 saturated heterocycles. The Hall–Kier alpha value is -3.08. The number of methoxy groups -OCH3 is 1. The number of thioether (sulfide) groups is 1. The van der Waals surface area contributed by atoms with Crippen LogP contribution in [0.4, 0.5) is 5.13 Å². The number of ether oxygens (including phenoxy) is 3. The van der Waals surface area contributed by atoms with E-state index in [1.54, 1.807) is 48.9 Å². The zero-order valence-electron chi connectivity index (χ0n) is 24.7. The molecule has 0 spiro atoms. The van der Waals surface area contributed by atoms with Crippen molar-refractivity contribution in [2.45, 2.75) is 65.5 Å². The minimum absolute atomic E-state index is 0.0368. The van der Waals surface area contributed by atoms with E-state index in [1.165, 1.54) is 11.3 Å². The molecule has 4 rings (SSSR count). The smallest absolute Gasteiger partial charge is 0.257 e. The van der Waals surface area contributed by atoms with Crippen molar-refractivity contribution in [3.05, 3.63) is 58.6 Å². The summed E-state index contributed by atoms with van der Waals surface area (Å²) in [7, 11) is 1.61. The van der Waals surface area contributed by atoms with Gasteiger partial charge >= 0.3 is 0 Å². The lowest BCUT2D eigenvalue weighted by Crippen LogP contribution is -2.33. The van der Waals surface area contributed by atoms with Gasteiger partial charge < -0.3 is 19.1 Å². The van der Waals surface area contributed by atoms with Gasteiger partial charge in [-0.2, -0.15) is 0 Å². The topological polar surface area (TPSA) is 90.0 Å². The van der Waals surface area contributed by atoms with Crippen LogP contribution >= 0.6 is 23.1 Å². The molecule has 10 heteroatoms. The van der Waals surface area contributed by atoms with Gasteiger partial charge in [0.05, 0.1) is 18.8 Å². The van der Waals surface area contributed by atoms with Gasteiger partial charge in [-0.25, -0.2) is 4.98 Å². The Morgan fingerprint density at radius 2 is 1.75 bits per heavy atom. The first-order valence-corrected chi connectivity index (χ1v) is 15.6. The number of thiazole rings is 1. The molecule has 0 saturated carbocycles. The number of hydrogen-bond donors (Lipinski definition) is 1. The summed E-state index contributed by atoms with van der Waals surface area (Å²) in [6.07, 6.45) is 2.48. The van der Waals surface area contributed by atoms with Crippen molar-refractivity contribution in [2.24, 2.45) is 0 Å². The van der Waals surface area contributed by atoms with E-state index in [-0.39, 0.29) is 17.9 Å². The number of anilines is 1. The molecule has 1 atom stereocenters. The van der Waals surface area contributed by atoms with E-state index in [2.05, 4.69) is 10.3 Å². The molecule has 1 aliphatic heterocycles. The molecule has 0 aliphatic carbocycles. The Labute approximate surface area is 246 Å². The van der Waals surface area contributed by atoms with Crippen LogP contribution < -0.4 is 14.8 Å². The van der Waals surface area contributed by atoms with Crippen LogP contribution in [0.15, 0.2) is 47.4 Å².